The van der Waals surface area contributed by atoms with Crippen LogP contribution < -0.4 is 15.5 Å². The normalized spacial score (nSPS) is 15.8. The Bertz CT molecular complexity index is 858. The lowest BCUT2D eigenvalue weighted by Crippen LogP contribution is -2.46. The predicted molar refractivity (Wildman–Crippen MR) is 117 cm³/mol. The highest BCUT2D eigenvalue weighted by Gasteiger charge is 2.29. The molecular weight excluding hydrogens is 405 g/mol. The van der Waals surface area contributed by atoms with Crippen LogP contribution in [0.25, 0.3) is 0 Å². The Hall–Kier alpha value is -2.81. The number of nitrogens with zero attached hydrogens (tertiary/aromatic N) is 4. The van der Waals surface area contributed by atoms with Crippen molar-refractivity contribution in [1.29, 1.82) is 0 Å². The molecule has 1 aromatic heterocycles. The molecule has 3 rings (SSSR count). The van der Waals surface area contributed by atoms with Crippen LogP contribution in [0.15, 0.2) is 47.6 Å². The van der Waals surface area contributed by atoms with Gasteiger partial charge in [0.2, 0.25) is 0 Å². The van der Waals surface area contributed by atoms with Crippen molar-refractivity contribution >= 4 is 11.8 Å². The van der Waals surface area contributed by atoms with Crippen LogP contribution in [0, 0.1) is 0 Å². The SMILES string of the molecule is CCN1CCN(c2cc(CNC(=NC)NCc3ccc(C(F)(F)F)cc3)ccn2)CC1. The summed E-state index contributed by atoms with van der Waals surface area (Å²) in [6.45, 7) is 8.21. The minimum atomic E-state index is -4.32. The first-order valence-electron chi connectivity index (χ1n) is 10.4. The highest BCUT2D eigenvalue weighted by Crippen LogP contribution is 2.29. The number of nitrogens with one attached hydrogen (secondary N) is 2. The zero-order valence-corrected chi connectivity index (χ0v) is 17.9. The second-order valence-corrected chi connectivity index (χ2v) is 7.42. The summed E-state index contributed by atoms with van der Waals surface area (Å²) in [6.07, 6.45) is -2.51. The summed E-state index contributed by atoms with van der Waals surface area (Å²) < 4.78 is 38.0. The van der Waals surface area contributed by atoms with Crippen molar-refractivity contribution in [3.05, 3.63) is 59.3 Å². The molecule has 0 aliphatic carbocycles. The molecule has 0 atom stereocenters. The maximum atomic E-state index is 12.7. The first-order valence-corrected chi connectivity index (χ1v) is 10.4. The number of aliphatic imine (C=N–C) groups is 1. The van der Waals surface area contributed by atoms with Gasteiger partial charge in [0, 0.05) is 52.5 Å². The lowest BCUT2D eigenvalue weighted by Gasteiger charge is -2.34. The number of likely N-dealkylation sites (N-methyl/N-ethyl adjacent to an activating group) is 1. The summed E-state index contributed by atoms with van der Waals surface area (Å²) >= 11 is 0. The average Bonchev–Trinajstić information content (AvgIpc) is 2.79. The number of piperazine rings is 1. The Morgan fingerprint density at radius 1 is 1.00 bits per heavy atom. The first-order chi connectivity index (χ1) is 14.9. The van der Waals surface area contributed by atoms with Gasteiger partial charge in [-0.2, -0.15) is 13.2 Å². The van der Waals surface area contributed by atoms with Crippen LogP contribution in [0.3, 0.4) is 0 Å². The van der Waals surface area contributed by atoms with Crippen LogP contribution >= 0.6 is 0 Å². The molecule has 0 amide bonds. The summed E-state index contributed by atoms with van der Waals surface area (Å²) in [5, 5.41) is 6.37. The van der Waals surface area contributed by atoms with E-state index in [4.69, 9.17) is 0 Å². The van der Waals surface area contributed by atoms with Crippen LogP contribution in [-0.4, -0.2) is 55.6 Å². The van der Waals surface area contributed by atoms with Crippen LogP contribution in [-0.2, 0) is 19.3 Å². The van der Waals surface area contributed by atoms with Crippen molar-refractivity contribution in [3.8, 4) is 0 Å². The van der Waals surface area contributed by atoms with E-state index in [0.29, 0.717) is 19.0 Å². The van der Waals surface area contributed by atoms with Gasteiger partial charge in [0.15, 0.2) is 5.96 Å². The third kappa shape index (κ3) is 6.58. The Kier molecular flexibility index (Phi) is 7.73. The van der Waals surface area contributed by atoms with Gasteiger partial charge in [0.05, 0.1) is 5.56 Å². The van der Waals surface area contributed by atoms with Crippen LogP contribution in [0.1, 0.15) is 23.6 Å². The van der Waals surface area contributed by atoms with E-state index in [0.717, 1.165) is 61.8 Å². The van der Waals surface area contributed by atoms with Gasteiger partial charge in [-0.1, -0.05) is 19.1 Å². The van der Waals surface area contributed by atoms with Gasteiger partial charge in [0.25, 0.3) is 0 Å². The highest BCUT2D eigenvalue weighted by atomic mass is 19.4. The molecule has 31 heavy (non-hydrogen) atoms. The largest absolute Gasteiger partial charge is 0.416 e. The number of guanidine groups is 1. The molecule has 6 nitrogen and oxygen atoms in total. The summed E-state index contributed by atoms with van der Waals surface area (Å²) in [5.41, 5.74) is 1.18. The van der Waals surface area contributed by atoms with Gasteiger partial charge in [-0.25, -0.2) is 4.98 Å². The third-order valence-corrected chi connectivity index (χ3v) is 5.38. The lowest BCUT2D eigenvalue weighted by molar-refractivity contribution is -0.137. The number of alkyl halides is 3. The molecule has 2 aromatic rings. The van der Waals surface area contributed by atoms with E-state index in [1.165, 1.54) is 12.1 Å². The molecule has 2 N–H and O–H groups in total. The molecule has 1 saturated heterocycles. The summed E-state index contributed by atoms with van der Waals surface area (Å²) in [5.74, 6) is 1.55. The van der Waals surface area contributed by atoms with E-state index >= 15 is 0 Å². The van der Waals surface area contributed by atoms with Gasteiger partial charge in [-0.3, -0.25) is 4.99 Å². The van der Waals surface area contributed by atoms with Crippen molar-refractivity contribution in [1.82, 2.24) is 20.5 Å². The summed E-state index contributed by atoms with van der Waals surface area (Å²) in [4.78, 5) is 13.4. The van der Waals surface area contributed by atoms with Crippen LogP contribution in [0.4, 0.5) is 19.0 Å². The highest BCUT2D eigenvalue weighted by molar-refractivity contribution is 5.79. The number of aromatic nitrogens is 1. The maximum absolute atomic E-state index is 12.7. The molecule has 1 aliphatic rings. The van der Waals surface area contributed by atoms with E-state index in [1.54, 1.807) is 7.05 Å². The molecule has 0 radical (unpaired) electrons. The molecule has 1 fully saturated rings. The fourth-order valence-corrected chi connectivity index (χ4v) is 3.44. The summed E-state index contributed by atoms with van der Waals surface area (Å²) in [7, 11) is 1.66. The Morgan fingerprint density at radius 2 is 1.65 bits per heavy atom. The van der Waals surface area contributed by atoms with Crippen molar-refractivity contribution in [2.24, 2.45) is 4.99 Å². The smallest absolute Gasteiger partial charge is 0.354 e. The van der Waals surface area contributed by atoms with E-state index in [2.05, 4.69) is 43.4 Å². The minimum absolute atomic E-state index is 0.376. The second kappa shape index (κ2) is 10.5. The van der Waals surface area contributed by atoms with Gasteiger partial charge in [0.1, 0.15) is 5.82 Å². The molecular formula is C22H29F3N6. The third-order valence-electron chi connectivity index (χ3n) is 5.38. The lowest BCUT2D eigenvalue weighted by atomic mass is 10.1. The standard InChI is InChI=1S/C22H29F3N6/c1-3-30-10-12-31(13-11-30)20-14-18(8-9-27-20)16-29-21(26-2)28-15-17-4-6-19(7-5-17)22(23,24)25/h4-9,14H,3,10-13,15-16H2,1-2H3,(H2,26,28,29). The predicted octanol–water partition coefficient (Wildman–Crippen LogP) is 3.11. The Balaban J connectivity index is 1.50. The number of benzene rings is 1. The number of pyridine rings is 1. The minimum Gasteiger partial charge on any atom is -0.354 e. The van der Waals surface area contributed by atoms with Crippen LogP contribution in [0.2, 0.25) is 0 Å². The molecule has 1 aromatic carbocycles. The fourth-order valence-electron chi connectivity index (χ4n) is 3.44. The number of rotatable bonds is 6. The van der Waals surface area contributed by atoms with Crippen molar-refractivity contribution in [3.63, 3.8) is 0 Å². The van der Waals surface area contributed by atoms with E-state index in [1.807, 2.05) is 12.3 Å². The molecule has 168 valence electrons. The number of halogens is 3. The first kappa shape index (κ1) is 22.9. The summed E-state index contributed by atoms with van der Waals surface area (Å²) in [6, 6.07) is 9.16. The second-order valence-electron chi connectivity index (χ2n) is 7.42. The fraction of sp³-hybridized carbons (Fsp3) is 0.455. The molecule has 9 heteroatoms. The average molecular weight is 435 g/mol. The van der Waals surface area contributed by atoms with Gasteiger partial charge < -0.3 is 20.4 Å². The number of anilines is 1. The van der Waals surface area contributed by atoms with E-state index < -0.39 is 11.7 Å². The Morgan fingerprint density at radius 3 is 2.23 bits per heavy atom. The van der Waals surface area contributed by atoms with E-state index in [9.17, 15) is 13.2 Å². The zero-order valence-electron chi connectivity index (χ0n) is 17.9. The van der Waals surface area contributed by atoms with Gasteiger partial charge in [-0.05, 0) is 41.9 Å². The number of hydrogen-bond acceptors (Lipinski definition) is 4. The molecule has 1 aliphatic heterocycles. The molecule has 2 heterocycles. The van der Waals surface area contributed by atoms with Crippen molar-refractivity contribution in [2.75, 3.05) is 44.7 Å². The number of hydrogen-bond donors (Lipinski definition) is 2. The molecule has 0 bridgehead atoms. The maximum Gasteiger partial charge on any atom is 0.416 e. The molecule has 0 saturated carbocycles. The monoisotopic (exact) mass is 434 g/mol. The van der Waals surface area contributed by atoms with Gasteiger partial charge >= 0.3 is 6.18 Å². The van der Waals surface area contributed by atoms with Gasteiger partial charge in [-0.15, -0.1) is 0 Å². The Labute approximate surface area is 181 Å². The zero-order chi connectivity index (χ0) is 22.3. The van der Waals surface area contributed by atoms with Crippen molar-refractivity contribution < 1.29 is 13.2 Å². The molecule has 0 spiro atoms. The van der Waals surface area contributed by atoms with Crippen LogP contribution in [0.5, 0.6) is 0 Å². The topological polar surface area (TPSA) is 55.8 Å². The van der Waals surface area contributed by atoms with Crippen molar-refractivity contribution in [2.45, 2.75) is 26.2 Å². The quantitative estimate of drug-likeness (QED) is 0.541. The van der Waals surface area contributed by atoms with E-state index in [-0.39, 0.29) is 0 Å². The molecule has 0 unspecified atom stereocenters.